The van der Waals surface area contributed by atoms with Gasteiger partial charge < -0.3 is 10.2 Å². The molecule has 0 radical (unpaired) electrons. The molecule has 4 aliphatic rings. The molecule has 12 heteroatoms. The zero-order chi connectivity index (χ0) is 25.3. The first-order valence-electron chi connectivity index (χ1n) is 11.9. The number of amidine groups is 1. The lowest BCUT2D eigenvalue weighted by atomic mass is 9.73. The number of piperidine rings is 1. The van der Waals surface area contributed by atoms with E-state index in [1.165, 1.54) is 18.2 Å². The van der Waals surface area contributed by atoms with Gasteiger partial charge in [-0.05, 0) is 61.6 Å². The van der Waals surface area contributed by atoms with Crippen LogP contribution in [0.4, 0.5) is 11.4 Å². The summed E-state index contributed by atoms with van der Waals surface area (Å²) in [7, 11) is -7.88. The van der Waals surface area contributed by atoms with Crippen molar-refractivity contribution in [1.82, 2.24) is 4.90 Å². The number of anilines is 2. The summed E-state index contributed by atoms with van der Waals surface area (Å²) in [6.07, 6.45) is 4.65. The third-order valence-electron chi connectivity index (χ3n) is 7.64. The van der Waals surface area contributed by atoms with Crippen LogP contribution in [0.25, 0.3) is 0 Å². The van der Waals surface area contributed by atoms with Crippen LogP contribution in [0.3, 0.4) is 0 Å². The lowest BCUT2D eigenvalue weighted by molar-refractivity contribution is -0.152. The maximum atomic E-state index is 13.7. The maximum Gasteiger partial charge on any atom is 0.286 e. The van der Waals surface area contributed by atoms with E-state index in [0.29, 0.717) is 18.4 Å². The minimum Gasteiger partial charge on any atom is -0.341 e. The predicted molar refractivity (Wildman–Crippen MR) is 131 cm³/mol. The van der Waals surface area contributed by atoms with Gasteiger partial charge in [-0.25, -0.2) is 8.42 Å². The molecule has 2 aliphatic carbocycles. The molecule has 1 amide bonds. The molecule has 2 saturated carbocycles. The Balaban J connectivity index is 1.51. The van der Waals surface area contributed by atoms with Gasteiger partial charge in [-0.1, -0.05) is 13.8 Å². The Hall–Kier alpha value is -2.47. The number of hydrogen-bond acceptors (Lipinski definition) is 7. The SMILES string of the molecule is CC(C)CCN1C(=O)C(C2=NS(=O)(=O)c3cc(NS(C)(=O)=O)ccc3N2)C(=O)C2C1[C@@H]1CC[C@H]2C1. The maximum absolute atomic E-state index is 13.7. The van der Waals surface area contributed by atoms with Crippen LogP contribution in [-0.2, 0) is 29.6 Å². The third-order valence-corrected chi connectivity index (χ3v) is 9.58. The lowest BCUT2D eigenvalue weighted by Gasteiger charge is -2.46. The summed E-state index contributed by atoms with van der Waals surface area (Å²) in [4.78, 5) is 29.0. The number of Topliss-reactive ketones (excluding diaryl/α,β-unsaturated/α-hetero) is 1. The smallest absolute Gasteiger partial charge is 0.286 e. The second-order valence-corrected chi connectivity index (χ2v) is 13.9. The highest BCUT2D eigenvalue weighted by atomic mass is 32.2. The first-order valence-corrected chi connectivity index (χ1v) is 15.3. The highest BCUT2D eigenvalue weighted by molar-refractivity contribution is 7.92. The summed E-state index contributed by atoms with van der Waals surface area (Å²) in [5.41, 5.74) is 0.225. The van der Waals surface area contributed by atoms with Gasteiger partial charge >= 0.3 is 0 Å². The quantitative estimate of drug-likeness (QED) is 0.545. The van der Waals surface area contributed by atoms with Gasteiger partial charge in [0.05, 0.1) is 11.9 Å². The van der Waals surface area contributed by atoms with Gasteiger partial charge in [0.25, 0.3) is 10.0 Å². The molecule has 0 spiro atoms. The van der Waals surface area contributed by atoms with E-state index >= 15 is 0 Å². The van der Waals surface area contributed by atoms with E-state index in [9.17, 15) is 26.4 Å². The van der Waals surface area contributed by atoms with Crippen molar-refractivity contribution in [1.29, 1.82) is 0 Å². The van der Waals surface area contributed by atoms with Crippen molar-refractivity contribution < 1.29 is 26.4 Å². The topological polar surface area (TPSA) is 142 Å². The standard InChI is InChI=1S/C23H30N4O6S2/c1-12(2)8-9-27-20-14-5-4-13(10-14)18(20)21(28)19(23(27)29)22-24-16-7-6-15(25-34(3,30)31)11-17(16)35(32,33)26-22/h6-7,11-14,18-20,25H,4-5,8-10H2,1-3H3,(H,24,26)/t13-,14+,18?,19?,20?/m0/s1. The fourth-order valence-electron chi connectivity index (χ4n) is 6.23. The fourth-order valence-corrected chi connectivity index (χ4v) is 7.96. The molecule has 1 saturated heterocycles. The summed E-state index contributed by atoms with van der Waals surface area (Å²) >= 11 is 0. The van der Waals surface area contributed by atoms with Crippen LogP contribution in [0.2, 0.25) is 0 Å². The van der Waals surface area contributed by atoms with Crippen molar-refractivity contribution in [2.75, 3.05) is 22.8 Å². The molecule has 0 aromatic heterocycles. The van der Waals surface area contributed by atoms with E-state index in [4.69, 9.17) is 0 Å². The zero-order valence-corrected chi connectivity index (χ0v) is 21.5. The fraction of sp³-hybridized carbons (Fsp3) is 0.609. The van der Waals surface area contributed by atoms with Gasteiger partial charge in [0, 0.05) is 24.2 Å². The van der Waals surface area contributed by atoms with Gasteiger partial charge in [0.15, 0.2) is 11.7 Å². The molecule has 2 N–H and O–H groups in total. The molecule has 1 aromatic rings. The molecule has 2 bridgehead atoms. The Morgan fingerprint density at radius 1 is 1.20 bits per heavy atom. The van der Waals surface area contributed by atoms with Crippen LogP contribution in [0.1, 0.15) is 39.5 Å². The minimum atomic E-state index is -4.27. The molecule has 2 heterocycles. The van der Waals surface area contributed by atoms with Crippen LogP contribution in [-0.4, -0.2) is 58.1 Å². The van der Waals surface area contributed by atoms with Crippen molar-refractivity contribution in [3.63, 3.8) is 0 Å². The van der Waals surface area contributed by atoms with Crippen LogP contribution in [0, 0.1) is 29.6 Å². The van der Waals surface area contributed by atoms with Crippen molar-refractivity contribution in [2.24, 2.45) is 34.0 Å². The van der Waals surface area contributed by atoms with Crippen molar-refractivity contribution in [3.8, 4) is 0 Å². The van der Waals surface area contributed by atoms with Gasteiger partial charge in [0.1, 0.15) is 10.7 Å². The third kappa shape index (κ3) is 4.24. The number of sulfonamides is 2. The molecule has 5 atom stereocenters. The first-order chi connectivity index (χ1) is 16.4. The monoisotopic (exact) mass is 522 g/mol. The molecule has 10 nitrogen and oxygen atoms in total. The number of benzene rings is 1. The van der Waals surface area contributed by atoms with E-state index in [1.54, 1.807) is 0 Å². The van der Waals surface area contributed by atoms with E-state index in [-0.39, 0.29) is 51.7 Å². The Morgan fingerprint density at radius 2 is 1.91 bits per heavy atom. The van der Waals surface area contributed by atoms with E-state index in [2.05, 4.69) is 28.3 Å². The Kier molecular flexibility index (Phi) is 5.74. The number of amides is 1. The Morgan fingerprint density at radius 3 is 2.60 bits per heavy atom. The summed E-state index contributed by atoms with van der Waals surface area (Å²) in [6, 6.07) is 3.88. The molecule has 3 unspecified atom stereocenters. The van der Waals surface area contributed by atoms with Crippen LogP contribution < -0.4 is 10.0 Å². The number of nitrogens with one attached hydrogen (secondary N) is 2. The number of carbonyl (C=O) groups is 2. The molecule has 5 rings (SSSR count). The number of ketones is 1. The molecule has 2 aliphatic heterocycles. The normalized spacial score (nSPS) is 31.1. The lowest BCUT2D eigenvalue weighted by Crippen LogP contribution is -2.62. The molecular weight excluding hydrogens is 492 g/mol. The van der Waals surface area contributed by atoms with E-state index in [0.717, 1.165) is 31.9 Å². The zero-order valence-electron chi connectivity index (χ0n) is 19.9. The summed E-state index contributed by atoms with van der Waals surface area (Å²) < 4.78 is 55.3. The second kappa shape index (κ2) is 8.29. The average molecular weight is 523 g/mol. The van der Waals surface area contributed by atoms with Gasteiger partial charge in [-0.2, -0.15) is 8.42 Å². The van der Waals surface area contributed by atoms with Crippen molar-refractivity contribution in [2.45, 2.75) is 50.5 Å². The van der Waals surface area contributed by atoms with Crippen LogP contribution >= 0.6 is 0 Å². The average Bonchev–Trinajstić information content (AvgIpc) is 3.35. The molecule has 35 heavy (non-hydrogen) atoms. The van der Waals surface area contributed by atoms with Crippen molar-refractivity contribution >= 4 is 48.9 Å². The van der Waals surface area contributed by atoms with Crippen LogP contribution in [0.5, 0.6) is 0 Å². The number of hydrogen-bond donors (Lipinski definition) is 2. The first kappa shape index (κ1) is 24.2. The highest BCUT2D eigenvalue weighted by Crippen LogP contribution is 2.54. The van der Waals surface area contributed by atoms with E-state index < -0.39 is 26.0 Å². The second-order valence-electron chi connectivity index (χ2n) is 10.6. The van der Waals surface area contributed by atoms with Crippen molar-refractivity contribution in [3.05, 3.63) is 18.2 Å². The Labute approximate surface area is 205 Å². The molecular formula is C23H30N4O6S2. The molecule has 190 valence electrons. The number of nitrogens with zero attached hydrogens (tertiary/aromatic N) is 2. The summed E-state index contributed by atoms with van der Waals surface area (Å²) in [6.45, 7) is 4.69. The number of carbonyl (C=O) groups excluding carboxylic acids is 2. The van der Waals surface area contributed by atoms with Gasteiger partial charge in [-0.15, -0.1) is 4.40 Å². The summed E-state index contributed by atoms with van der Waals surface area (Å²) in [5, 5.41) is 2.91. The highest BCUT2D eigenvalue weighted by Gasteiger charge is 2.60. The predicted octanol–water partition coefficient (Wildman–Crippen LogP) is 2.06. The van der Waals surface area contributed by atoms with Gasteiger partial charge in [0.2, 0.25) is 15.9 Å². The molecule has 3 fully saturated rings. The molecule has 1 aromatic carbocycles. The number of likely N-dealkylation sites (tertiary alicyclic amines) is 1. The minimum absolute atomic E-state index is 0.0739. The largest absolute Gasteiger partial charge is 0.341 e. The summed E-state index contributed by atoms with van der Waals surface area (Å²) in [5.74, 6) is -1.48. The Bertz CT molecular complexity index is 1340. The number of fused-ring (bicyclic) bond motifs is 6. The van der Waals surface area contributed by atoms with E-state index in [1.807, 2.05) is 4.90 Å². The van der Waals surface area contributed by atoms with Gasteiger partial charge in [-0.3, -0.25) is 14.3 Å². The van der Waals surface area contributed by atoms with Crippen LogP contribution in [0.15, 0.2) is 27.5 Å². The number of rotatable bonds is 6.